The number of carboxylic acids is 1. The van der Waals surface area contributed by atoms with Gasteiger partial charge >= 0.3 is 5.97 Å². The molecule has 0 spiro atoms. The summed E-state index contributed by atoms with van der Waals surface area (Å²) in [5.74, 6) is -0.308. The van der Waals surface area contributed by atoms with Crippen LogP contribution >= 0.6 is 0 Å². The number of fused-ring (bicyclic) bond motifs is 1. The van der Waals surface area contributed by atoms with Gasteiger partial charge < -0.3 is 20.5 Å². The Kier molecular flexibility index (Phi) is 6.92. The molecular weight excluding hydrogens is 457 g/mol. The third-order valence-corrected chi connectivity index (χ3v) is 5.74. The zero-order valence-corrected chi connectivity index (χ0v) is 18.7. The highest BCUT2D eigenvalue weighted by atomic mass is 19.1. The van der Waals surface area contributed by atoms with Gasteiger partial charge in [-0.2, -0.15) is 0 Å². The van der Waals surface area contributed by atoms with Crippen LogP contribution in [0.5, 0.6) is 0 Å². The minimum absolute atomic E-state index is 0.106. The molecule has 4 aromatic rings. The molecule has 12 heteroatoms. The first-order valence-corrected chi connectivity index (χ1v) is 10.7. The molecule has 3 aromatic heterocycles. The number of hydrogen-bond acceptors (Lipinski definition) is 8. The minimum atomic E-state index is -1.05. The van der Waals surface area contributed by atoms with Crippen molar-refractivity contribution in [2.24, 2.45) is 5.34 Å². The van der Waals surface area contributed by atoms with Crippen molar-refractivity contribution in [2.45, 2.75) is 13.0 Å². The van der Waals surface area contributed by atoms with Gasteiger partial charge in [-0.15, -0.1) is 4.91 Å². The Morgan fingerprint density at radius 1 is 1.20 bits per heavy atom. The molecule has 1 aliphatic heterocycles. The molecule has 0 radical (unpaired) electrons. The first kappa shape index (κ1) is 23.7. The first-order chi connectivity index (χ1) is 17.0. The van der Waals surface area contributed by atoms with Gasteiger partial charge in [-0.1, -0.05) is 18.2 Å². The molecule has 1 aliphatic rings. The number of carbonyl (C=O) groups is 1. The Balaban J connectivity index is 0.000000917. The van der Waals surface area contributed by atoms with E-state index in [4.69, 9.17) is 10.1 Å². The molecule has 1 aromatic carbocycles. The number of aromatic carboxylic acids is 1. The van der Waals surface area contributed by atoms with E-state index in [9.17, 15) is 14.3 Å². The summed E-state index contributed by atoms with van der Waals surface area (Å²) in [5, 5.41) is 21.4. The summed E-state index contributed by atoms with van der Waals surface area (Å²) >= 11 is 0. The van der Waals surface area contributed by atoms with Gasteiger partial charge in [0.05, 0.1) is 10.9 Å². The minimum Gasteiger partial charge on any atom is -0.478 e. The molecule has 0 amide bonds. The number of piperazine rings is 1. The van der Waals surface area contributed by atoms with Crippen LogP contribution < -0.4 is 10.2 Å². The van der Waals surface area contributed by atoms with Crippen LogP contribution in [0, 0.1) is 10.7 Å². The molecule has 4 heterocycles. The predicted molar refractivity (Wildman–Crippen MR) is 126 cm³/mol. The fourth-order valence-corrected chi connectivity index (χ4v) is 4.16. The largest absolute Gasteiger partial charge is 0.478 e. The van der Waals surface area contributed by atoms with Crippen molar-refractivity contribution >= 4 is 22.8 Å². The number of carboxylic acid groups (broad SMARTS) is 1. The Morgan fingerprint density at radius 3 is 2.69 bits per heavy atom. The maximum Gasteiger partial charge on any atom is 0.335 e. The fraction of sp³-hybridized carbons (Fsp3) is 0.217. The molecule has 0 bridgehead atoms. The smallest absolute Gasteiger partial charge is 0.335 e. The quantitative estimate of drug-likeness (QED) is 0.296. The van der Waals surface area contributed by atoms with Crippen LogP contribution in [-0.2, 0) is 0 Å². The second-order valence-electron chi connectivity index (χ2n) is 7.82. The van der Waals surface area contributed by atoms with E-state index in [1.165, 1.54) is 36.1 Å². The van der Waals surface area contributed by atoms with Gasteiger partial charge in [0, 0.05) is 49.2 Å². The zero-order chi connectivity index (χ0) is 24.9. The van der Waals surface area contributed by atoms with Crippen LogP contribution in [0.25, 0.3) is 28.0 Å². The second kappa shape index (κ2) is 10.2. The zero-order valence-electron chi connectivity index (χ0n) is 18.7. The van der Waals surface area contributed by atoms with E-state index in [1.807, 2.05) is 0 Å². The molecule has 1 fully saturated rings. The number of hydrogen-bond donors (Lipinski definition) is 3. The molecule has 1 saturated heterocycles. The normalized spacial score (nSPS) is 15.4. The third kappa shape index (κ3) is 4.64. The fourth-order valence-electron chi connectivity index (χ4n) is 4.16. The maximum atomic E-state index is 14.9. The van der Waals surface area contributed by atoms with Crippen LogP contribution in [-0.4, -0.2) is 61.5 Å². The summed E-state index contributed by atoms with van der Waals surface area (Å²) in [5.41, 5.74) is 1.69. The Labute approximate surface area is 198 Å². The molecule has 5 rings (SSSR count). The topological polar surface area (TPSA) is 146 Å². The van der Waals surface area contributed by atoms with Crippen molar-refractivity contribution in [1.29, 1.82) is 0 Å². The summed E-state index contributed by atoms with van der Waals surface area (Å²) in [4.78, 5) is 35.2. The molecule has 180 valence electrons. The van der Waals surface area contributed by atoms with E-state index < -0.39 is 5.97 Å². The molecule has 0 aliphatic carbocycles. The van der Waals surface area contributed by atoms with Crippen molar-refractivity contribution in [1.82, 2.24) is 24.8 Å². The van der Waals surface area contributed by atoms with Gasteiger partial charge in [-0.3, -0.25) is 4.57 Å². The molecule has 3 N–H and O–H groups in total. The predicted octanol–water partition coefficient (Wildman–Crippen LogP) is 3.26. The summed E-state index contributed by atoms with van der Waals surface area (Å²) in [6.07, 6.45) is 4.67. The van der Waals surface area contributed by atoms with Gasteiger partial charge in [-0.25, -0.2) is 24.1 Å². The Hall–Kier alpha value is -4.45. The SMILES string of the molecule is CC1CNCCN1c1ncnc2c1c(-c1ccccc1F)cn2-c1cc(C(=O)O)ccn1.O=NO. The van der Waals surface area contributed by atoms with E-state index in [2.05, 4.69) is 32.1 Å². The van der Waals surface area contributed by atoms with Crippen LogP contribution in [0.4, 0.5) is 10.2 Å². The van der Waals surface area contributed by atoms with Crippen molar-refractivity contribution < 1.29 is 19.5 Å². The van der Waals surface area contributed by atoms with Gasteiger partial charge in [-0.05, 0) is 25.1 Å². The number of pyridine rings is 1. The highest BCUT2D eigenvalue weighted by molar-refractivity contribution is 6.02. The summed E-state index contributed by atoms with van der Waals surface area (Å²) in [7, 11) is 0. The van der Waals surface area contributed by atoms with Crippen molar-refractivity contribution in [2.75, 3.05) is 24.5 Å². The number of anilines is 1. The van der Waals surface area contributed by atoms with Gasteiger partial charge in [0.2, 0.25) is 0 Å². The number of nitrogens with one attached hydrogen (secondary N) is 1. The first-order valence-electron chi connectivity index (χ1n) is 10.7. The van der Waals surface area contributed by atoms with Crippen LogP contribution in [0.15, 0.2) is 60.5 Å². The summed E-state index contributed by atoms with van der Waals surface area (Å²) in [6, 6.07) is 9.65. The molecule has 11 nitrogen and oxygen atoms in total. The summed E-state index contributed by atoms with van der Waals surface area (Å²) in [6.45, 7) is 4.48. The number of halogens is 1. The Morgan fingerprint density at radius 2 is 1.97 bits per heavy atom. The molecule has 1 unspecified atom stereocenters. The lowest BCUT2D eigenvalue weighted by Gasteiger charge is -2.35. The molecular formula is C23H22FN7O4. The number of aromatic nitrogens is 4. The van der Waals surface area contributed by atoms with Crippen molar-refractivity contribution in [3.05, 3.63) is 71.4 Å². The number of nitrogens with zero attached hydrogens (tertiary/aromatic N) is 6. The average molecular weight is 479 g/mol. The van der Waals surface area contributed by atoms with Crippen molar-refractivity contribution in [3.8, 4) is 16.9 Å². The van der Waals surface area contributed by atoms with Gasteiger partial charge in [0.25, 0.3) is 0 Å². The lowest BCUT2D eigenvalue weighted by molar-refractivity contribution is 0.0696. The van der Waals surface area contributed by atoms with E-state index in [0.29, 0.717) is 28.0 Å². The molecule has 0 saturated carbocycles. The van der Waals surface area contributed by atoms with Gasteiger partial charge in [0.15, 0.2) is 11.0 Å². The average Bonchev–Trinajstić information content (AvgIpc) is 3.25. The Bertz CT molecular complexity index is 1380. The monoisotopic (exact) mass is 479 g/mol. The van der Waals surface area contributed by atoms with E-state index in [-0.39, 0.29) is 17.4 Å². The number of rotatable bonds is 4. The number of benzene rings is 1. The second-order valence-corrected chi connectivity index (χ2v) is 7.82. The van der Waals surface area contributed by atoms with E-state index >= 15 is 0 Å². The third-order valence-electron chi connectivity index (χ3n) is 5.74. The molecule has 1 atom stereocenters. The van der Waals surface area contributed by atoms with Crippen LogP contribution in [0.3, 0.4) is 0 Å². The lowest BCUT2D eigenvalue weighted by atomic mass is 10.0. The van der Waals surface area contributed by atoms with Crippen LogP contribution in [0.2, 0.25) is 0 Å². The van der Waals surface area contributed by atoms with E-state index in [1.54, 1.807) is 29.0 Å². The maximum absolute atomic E-state index is 14.9. The highest BCUT2D eigenvalue weighted by Crippen LogP contribution is 2.38. The van der Waals surface area contributed by atoms with Gasteiger partial charge in [0.1, 0.15) is 23.8 Å². The standard InChI is InChI=1S/C23H21FN6O2.HNO2/c1-14-11-25-8-9-29(14)21-20-17(16-4-2-3-5-18(16)24)12-30(22(20)28-13-27-21)19-10-15(23(31)32)6-7-26-19;2-1-3/h2-7,10,12-14,25H,8-9,11H2,1H3,(H,31,32);(H,2,3). The van der Waals surface area contributed by atoms with Crippen LogP contribution in [0.1, 0.15) is 17.3 Å². The summed E-state index contributed by atoms with van der Waals surface area (Å²) < 4.78 is 16.6. The molecule has 35 heavy (non-hydrogen) atoms. The lowest BCUT2D eigenvalue weighted by Crippen LogP contribution is -2.50. The highest BCUT2D eigenvalue weighted by Gasteiger charge is 2.26. The van der Waals surface area contributed by atoms with E-state index in [0.717, 1.165) is 25.5 Å². The van der Waals surface area contributed by atoms with Crippen molar-refractivity contribution in [3.63, 3.8) is 0 Å².